The Morgan fingerprint density at radius 1 is 1.29 bits per heavy atom. The van der Waals surface area contributed by atoms with Crippen molar-refractivity contribution in [3.63, 3.8) is 0 Å². The summed E-state index contributed by atoms with van der Waals surface area (Å²) in [7, 11) is 0. The molecule has 0 aliphatic carbocycles. The lowest BCUT2D eigenvalue weighted by molar-refractivity contribution is -0.192. The number of likely N-dealkylation sites (tertiary alicyclic amines) is 1. The third kappa shape index (κ3) is 8.66. The molecule has 1 aromatic heterocycles. The summed E-state index contributed by atoms with van der Waals surface area (Å²) in [5.41, 5.74) is 4.85. The van der Waals surface area contributed by atoms with Crippen LogP contribution in [0.3, 0.4) is 0 Å². The van der Waals surface area contributed by atoms with Gasteiger partial charge in [0.2, 0.25) is 11.7 Å². The highest BCUT2D eigenvalue weighted by Crippen LogP contribution is 2.39. The molecule has 38 heavy (non-hydrogen) atoms. The molecule has 9 nitrogen and oxygen atoms in total. The molecular formula is C23H27F6N5O4. The molecule has 1 aliphatic heterocycles. The number of rotatable bonds is 8. The van der Waals surface area contributed by atoms with E-state index in [1.807, 2.05) is 6.08 Å². The first kappa shape index (κ1) is 30.4. The lowest BCUT2D eigenvalue weighted by Crippen LogP contribution is -2.35. The second-order valence-electron chi connectivity index (χ2n) is 8.13. The third-order valence-electron chi connectivity index (χ3n) is 5.30. The quantitative estimate of drug-likeness (QED) is 0.128. The van der Waals surface area contributed by atoms with Crippen molar-refractivity contribution < 1.29 is 45.5 Å². The number of unbranched alkanes of at least 4 members (excludes halogenated alkanes) is 2. The Morgan fingerprint density at radius 2 is 1.97 bits per heavy atom. The number of aliphatic carboxylic acids is 1. The van der Waals surface area contributed by atoms with Gasteiger partial charge in [-0.15, -0.1) is 0 Å². The molecule has 210 valence electrons. The molecule has 2 aromatic rings. The number of aromatic nitrogens is 2. The summed E-state index contributed by atoms with van der Waals surface area (Å²) >= 11 is 0. The maximum Gasteiger partial charge on any atom is 0.490 e. The number of ether oxygens (including phenoxy) is 1. The van der Waals surface area contributed by atoms with Gasteiger partial charge in [-0.3, -0.25) is 5.41 Å². The Labute approximate surface area is 213 Å². The fourth-order valence-electron chi connectivity index (χ4n) is 3.46. The molecule has 0 radical (unpaired) electrons. The maximum absolute atomic E-state index is 13.6. The molecule has 1 aromatic carbocycles. The molecule has 0 amide bonds. The molecular weight excluding hydrogens is 524 g/mol. The van der Waals surface area contributed by atoms with Crippen molar-refractivity contribution in [1.82, 2.24) is 15.0 Å². The Balaban J connectivity index is 0.000000638. The predicted molar refractivity (Wildman–Crippen MR) is 123 cm³/mol. The first-order valence-corrected chi connectivity index (χ1v) is 11.5. The molecule has 1 atom stereocenters. The van der Waals surface area contributed by atoms with E-state index >= 15 is 0 Å². The van der Waals surface area contributed by atoms with Crippen molar-refractivity contribution in [3.8, 4) is 17.1 Å². The monoisotopic (exact) mass is 551 g/mol. The van der Waals surface area contributed by atoms with Gasteiger partial charge in [0.15, 0.2) is 5.96 Å². The van der Waals surface area contributed by atoms with E-state index in [4.69, 9.17) is 30.3 Å². The number of halogens is 6. The first-order valence-electron chi connectivity index (χ1n) is 11.5. The average molecular weight is 551 g/mol. The molecule has 1 fully saturated rings. The molecule has 3 rings (SSSR count). The summed E-state index contributed by atoms with van der Waals surface area (Å²) < 4.78 is 83.2. The van der Waals surface area contributed by atoms with Crippen molar-refractivity contribution >= 4 is 11.9 Å². The lowest BCUT2D eigenvalue weighted by Gasteiger charge is -2.21. The van der Waals surface area contributed by atoms with E-state index < -0.39 is 23.9 Å². The Hall–Kier alpha value is -3.78. The standard InChI is InChI=1S/C21H26F3N5O2.C2HF3O2/c1-2-3-4-5-6-12-30-17-10-9-14(13-15(17)21(22,23)24)18-27-19(31-28-18)16-8-7-11-29(16)20(25)26;3-2(4,5)1(6)7/h5-6,9-10,13,16H,2-4,7-8,11-12H2,1H3,(H3,25,26);(H,6,7). The van der Waals surface area contributed by atoms with E-state index in [2.05, 4.69) is 17.1 Å². The van der Waals surface area contributed by atoms with Gasteiger partial charge in [-0.05, 0) is 37.5 Å². The molecule has 2 heterocycles. The fraction of sp³-hybridized carbons (Fsp3) is 0.478. The highest BCUT2D eigenvalue weighted by atomic mass is 19.4. The van der Waals surface area contributed by atoms with Crippen LogP contribution in [-0.4, -0.2) is 51.4 Å². The lowest BCUT2D eigenvalue weighted by atomic mass is 10.1. The zero-order valence-corrected chi connectivity index (χ0v) is 20.3. The van der Waals surface area contributed by atoms with Gasteiger partial charge in [-0.25, -0.2) is 4.79 Å². The molecule has 1 saturated heterocycles. The van der Waals surface area contributed by atoms with Crippen LogP contribution in [0.15, 0.2) is 34.9 Å². The van der Waals surface area contributed by atoms with Gasteiger partial charge in [0.1, 0.15) is 18.4 Å². The van der Waals surface area contributed by atoms with Crippen LogP contribution in [0, 0.1) is 5.41 Å². The van der Waals surface area contributed by atoms with Crippen LogP contribution < -0.4 is 10.5 Å². The molecule has 4 N–H and O–H groups in total. The minimum atomic E-state index is -5.08. The number of hydrogen-bond acceptors (Lipinski definition) is 6. The van der Waals surface area contributed by atoms with Crippen molar-refractivity contribution in [1.29, 1.82) is 5.41 Å². The molecule has 15 heteroatoms. The minimum absolute atomic E-state index is 0.0434. The number of carbonyl (C=O) groups is 1. The zero-order chi connectivity index (χ0) is 28.5. The number of nitrogens with zero attached hydrogens (tertiary/aromatic N) is 3. The highest BCUT2D eigenvalue weighted by Gasteiger charge is 2.38. The van der Waals surface area contributed by atoms with Crippen LogP contribution in [0.4, 0.5) is 26.3 Å². The second-order valence-corrected chi connectivity index (χ2v) is 8.13. The Kier molecular flexibility index (Phi) is 10.5. The molecule has 0 saturated carbocycles. The number of guanidine groups is 1. The van der Waals surface area contributed by atoms with Crippen molar-refractivity contribution in [2.45, 2.75) is 57.4 Å². The SMILES string of the molecule is CCCCC=CCOc1ccc(-c2noc(C3CCCN3C(=N)N)n2)cc1C(F)(F)F.O=C(O)C(F)(F)F. The maximum atomic E-state index is 13.6. The number of alkyl halides is 6. The van der Waals surface area contributed by atoms with E-state index in [1.165, 1.54) is 12.1 Å². The van der Waals surface area contributed by atoms with Crippen LogP contribution >= 0.6 is 0 Å². The van der Waals surface area contributed by atoms with Crippen LogP contribution in [0.5, 0.6) is 5.75 Å². The second kappa shape index (κ2) is 13.1. The summed E-state index contributed by atoms with van der Waals surface area (Å²) in [5, 5.41) is 18.6. The van der Waals surface area contributed by atoms with Gasteiger partial charge in [0.05, 0.1) is 5.56 Å². The number of allylic oxidation sites excluding steroid dienone is 1. The summed E-state index contributed by atoms with van der Waals surface area (Å²) in [6.07, 6.45) is -1.63. The smallest absolute Gasteiger partial charge is 0.489 e. The van der Waals surface area contributed by atoms with Crippen LogP contribution in [-0.2, 0) is 11.0 Å². The third-order valence-corrected chi connectivity index (χ3v) is 5.30. The summed E-state index contributed by atoms with van der Waals surface area (Å²) in [6.45, 7) is 2.72. The number of benzene rings is 1. The Morgan fingerprint density at radius 3 is 2.55 bits per heavy atom. The molecule has 0 spiro atoms. The van der Waals surface area contributed by atoms with E-state index in [0.29, 0.717) is 13.0 Å². The minimum Gasteiger partial charge on any atom is -0.489 e. The fourth-order valence-corrected chi connectivity index (χ4v) is 3.46. The number of carboxylic acids is 1. The highest BCUT2D eigenvalue weighted by molar-refractivity contribution is 5.75. The van der Waals surface area contributed by atoms with Crippen molar-refractivity contribution in [2.75, 3.05) is 13.2 Å². The van der Waals surface area contributed by atoms with Gasteiger partial charge in [0, 0.05) is 12.1 Å². The van der Waals surface area contributed by atoms with Gasteiger partial charge in [-0.2, -0.15) is 31.3 Å². The molecule has 1 aliphatic rings. The molecule has 0 bridgehead atoms. The number of nitrogens with two attached hydrogens (primary N) is 1. The van der Waals surface area contributed by atoms with Gasteiger partial charge in [-0.1, -0.05) is 37.1 Å². The normalized spacial score (nSPS) is 15.9. The van der Waals surface area contributed by atoms with E-state index in [1.54, 1.807) is 11.0 Å². The van der Waals surface area contributed by atoms with Crippen molar-refractivity contribution in [3.05, 3.63) is 41.8 Å². The first-order chi connectivity index (χ1) is 17.8. The van der Waals surface area contributed by atoms with Crippen molar-refractivity contribution in [2.24, 2.45) is 5.73 Å². The Bertz CT molecular complexity index is 1120. The van der Waals surface area contributed by atoms with E-state index in [9.17, 15) is 26.3 Å². The van der Waals surface area contributed by atoms with Gasteiger partial charge in [0.25, 0.3) is 0 Å². The number of hydrogen-bond donors (Lipinski definition) is 3. The van der Waals surface area contributed by atoms with Crippen LogP contribution in [0.1, 0.15) is 56.5 Å². The van der Waals surface area contributed by atoms with E-state index in [0.717, 1.165) is 31.7 Å². The average Bonchev–Trinajstić information content (AvgIpc) is 3.50. The van der Waals surface area contributed by atoms with Gasteiger partial charge >= 0.3 is 18.3 Å². The van der Waals surface area contributed by atoms with Crippen LogP contribution in [0.25, 0.3) is 11.4 Å². The largest absolute Gasteiger partial charge is 0.490 e. The van der Waals surface area contributed by atoms with E-state index in [-0.39, 0.29) is 41.6 Å². The zero-order valence-electron chi connectivity index (χ0n) is 20.3. The molecule has 1 unspecified atom stereocenters. The summed E-state index contributed by atoms with van der Waals surface area (Å²) in [4.78, 5) is 14.8. The van der Waals surface area contributed by atoms with Crippen LogP contribution in [0.2, 0.25) is 0 Å². The topological polar surface area (TPSA) is 139 Å². The number of carboxylic acid groups (broad SMARTS) is 1. The predicted octanol–water partition coefficient (Wildman–Crippen LogP) is 5.54. The summed E-state index contributed by atoms with van der Waals surface area (Å²) in [6, 6.07) is 3.35. The number of nitrogens with one attached hydrogen (secondary N) is 1. The van der Waals surface area contributed by atoms with Gasteiger partial charge < -0.3 is 25.0 Å². The summed E-state index contributed by atoms with van der Waals surface area (Å²) in [5.74, 6) is -2.84.